The highest BCUT2D eigenvalue weighted by molar-refractivity contribution is 5.47. The maximum atomic E-state index is 13.0. The van der Waals surface area contributed by atoms with Crippen molar-refractivity contribution < 1.29 is 23.0 Å². The molecule has 1 aromatic carbocycles. The van der Waals surface area contributed by atoms with Crippen molar-refractivity contribution >= 4 is 0 Å². The quantitative estimate of drug-likeness (QED) is 0.904. The number of benzene rings is 1. The van der Waals surface area contributed by atoms with Crippen LogP contribution in [0.2, 0.25) is 0 Å². The first-order chi connectivity index (χ1) is 8.61. The standard InChI is InChI=1S/C14H19F3O2/c1-5-6-19-12-10(3)7-9(2)8-11(12)13(4,18)14(15,16)17/h7-8,18H,5-6H2,1-4H3. The van der Waals surface area contributed by atoms with Crippen LogP contribution in [0.1, 0.15) is 37.0 Å². The van der Waals surface area contributed by atoms with E-state index < -0.39 is 11.8 Å². The highest BCUT2D eigenvalue weighted by Crippen LogP contribution is 2.43. The SMILES string of the molecule is CCCOc1c(C)cc(C)cc1C(C)(O)C(F)(F)F. The third-order valence-corrected chi connectivity index (χ3v) is 2.95. The minimum atomic E-state index is -4.75. The number of aliphatic hydroxyl groups is 1. The fourth-order valence-electron chi connectivity index (χ4n) is 1.86. The number of rotatable bonds is 4. The Hall–Kier alpha value is -1.23. The van der Waals surface area contributed by atoms with Crippen LogP contribution in [-0.4, -0.2) is 17.9 Å². The summed E-state index contributed by atoms with van der Waals surface area (Å²) in [6.07, 6.45) is -4.07. The maximum absolute atomic E-state index is 13.0. The molecule has 0 aromatic heterocycles. The topological polar surface area (TPSA) is 29.5 Å². The van der Waals surface area contributed by atoms with Crippen LogP contribution in [-0.2, 0) is 5.60 Å². The second kappa shape index (κ2) is 5.41. The van der Waals surface area contributed by atoms with Gasteiger partial charge in [0.05, 0.1) is 6.61 Å². The van der Waals surface area contributed by atoms with Gasteiger partial charge in [-0.2, -0.15) is 13.2 Å². The summed E-state index contributed by atoms with van der Waals surface area (Å²) in [5.74, 6) is 0.120. The van der Waals surface area contributed by atoms with Gasteiger partial charge in [-0.3, -0.25) is 0 Å². The summed E-state index contributed by atoms with van der Waals surface area (Å²) in [7, 11) is 0. The summed E-state index contributed by atoms with van der Waals surface area (Å²) in [6.45, 7) is 6.29. The molecule has 0 aliphatic rings. The minimum absolute atomic E-state index is 0.120. The molecule has 0 aliphatic carbocycles. The lowest BCUT2D eigenvalue weighted by molar-refractivity contribution is -0.259. The summed E-state index contributed by atoms with van der Waals surface area (Å²) in [5, 5.41) is 9.85. The van der Waals surface area contributed by atoms with E-state index in [1.807, 2.05) is 6.92 Å². The first kappa shape index (κ1) is 15.8. The van der Waals surface area contributed by atoms with Gasteiger partial charge in [0.2, 0.25) is 0 Å². The average Bonchev–Trinajstić information content (AvgIpc) is 2.25. The van der Waals surface area contributed by atoms with Crippen LogP contribution >= 0.6 is 0 Å². The molecule has 1 aromatic rings. The molecular formula is C14H19F3O2. The zero-order valence-electron chi connectivity index (χ0n) is 11.6. The number of ether oxygens (including phenoxy) is 1. The lowest BCUT2D eigenvalue weighted by Gasteiger charge is -2.29. The molecule has 0 saturated carbocycles. The van der Waals surface area contributed by atoms with Crippen molar-refractivity contribution in [2.75, 3.05) is 6.61 Å². The van der Waals surface area contributed by atoms with Gasteiger partial charge >= 0.3 is 6.18 Å². The van der Waals surface area contributed by atoms with Gasteiger partial charge in [-0.15, -0.1) is 0 Å². The summed E-state index contributed by atoms with van der Waals surface area (Å²) >= 11 is 0. The fourth-order valence-corrected chi connectivity index (χ4v) is 1.86. The van der Waals surface area contributed by atoms with E-state index in [1.54, 1.807) is 19.9 Å². The third-order valence-electron chi connectivity index (χ3n) is 2.95. The van der Waals surface area contributed by atoms with Crippen molar-refractivity contribution in [3.8, 4) is 5.75 Å². The van der Waals surface area contributed by atoms with Crippen LogP contribution in [0.5, 0.6) is 5.75 Å². The predicted molar refractivity (Wildman–Crippen MR) is 67.3 cm³/mol. The largest absolute Gasteiger partial charge is 0.493 e. The monoisotopic (exact) mass is 276 g/mol. The molecule has 108 valence electrons. The summed E-state index contributed by atoms with van der Waals surface area (Å²) in [5.41, 5.74) is -1.91. The Balaban J connectivity index is 3.40. The molecule has 0 spiro atoms. The second-order valence-electron chi connectivity index (χ2n) is 4.88. The molecule has 5 heteroatoms. The minimum Gasteiger partial charge on any atom is -0.493 e. The van der Waals surface area contributed by atoms with Crippen molar-refractivity contribution in [3.63, 3.8) is 0 Å². The van der Waals surface area contributed by atoms with E-state index in [0.29, 0.717) is 24.2 Å². The van der Waals surface area contributed by atoms with Gasteiger partial charge in [0, 0.05) is 5.56 Å². The molecule has 0 heterocycles. The molecule has 0 fully saturated rings. The molecule has 0 aliphatic heterocycles. The van der Waals surface area contributed by atoms with Crippen molar-refractivity contribution in [2.45, 2.75) is 45.9 Å². The van der Waals surface area contributed by atoms with Crippen LogP contribution < -0.4 is 4.74 Å². The normalized spacial score (nSPS) is 15.2. The second-order valence-corrected chi connectivity index (χ2v) is 4.88. The van der Waals surface area contributed by atoms with Crippen molar-refractivity contribution in [2.24, 2.45) is 0 Å². The Kier molecular flexibility index (Phi) is 4.50. The van der Waals surface area contributed by atoms with Crippen LogP contribution in [0, 0.1) is 13.8 Å². The van der Waals surface area contributed by atoms with Gasteiger partial charge in [-0.05, 0) is 38.8 Å². The van der Waals surface area contributed by atoms with E-state index in [0.717, 1.165) is 6.92 Å². The van der Waals surface area contributed by atoms with Gasteiger partial charge in [0.15, 0.2) is 5.60 Å². The Morgan fingerprint density at radius 3 is 2.26 bits per heavy atom. The van der Waals surface area contributed by atoms with E-state index in [-0.39, 0.29) is 11.3 Å². The predicted octanol–water partition coefficient (Wildman–Crippen LogP) is 3.86. The van der Waals surface area contributed by atoms with E-state index in [1.165, 1.54) is 6.07 Å². The first-order valence-electron chi connectivity index (χ1n) is 6.15. The molecule has 1 unspecified atom stereocenters. The number of alkyl halides is 3. The Bertz CT molecular complexity index is 451. The van der Waals surface area contributed by atoms with Crippen molar-refractivity contribution in [1.29, 1.82) is 0 Å². The van der Waals surface area contributed by atoms with E-state index in [9.17, 15) is 18.3 Å². The van der Waals surface area contributed by atoms with Crippen LogP contribution in [0.3, 0.4) is 0 Å². The molecule has 1 N–H and O–H groups in total. The maximum Gasteiger partial charge on any atom is 0.421 e. The average molecular weight is 276 g/mol. The van der Waals surface area contributed by atoms with Gasteiger partial charge in [0.25, 0.3) is 0 Å². The Morgan fingerprint density at radius 1 is 1.21 bits per heavy atom. The Labute approximate surface area is 111 Å². The third kappa shape index (κ3) is 3.21. The lowest BCUT2D eigenvalue weighted by Crippen LogP contribution is -2.39. The number of hydrogen-bond donors (Lipinski definition) is 1. The Morgan fingerprint density at radius 2 is 1.79 bits per heavy atom. The molecule has 1 atom stereocenters. The number of aryl methyl sites for hydroxylation is 2. The van der Waals surface area contributed by atoms with E-state index >= 15 is 0 Å². The van der Waals surface area contributed by atoms with Crippen LogP contribution in [0.25, 0.3) is 0 Å². The van der Waals surface area contributed by atoms with Crippen LogP contribution in [0.15, 0.2) is 12.1 Å². The number of hydrogen-bond acceptors (Lipinski definition) is 2. The highest BCUT2D eigenvalue weighted by Gasteiger charge is 2.52. The van der Waals surface area contributed by atoms with Gasteiger partial charge in [-0.25, -0.2) is 0 Å². The first-order valence-corrected chi connectivity index (χ1v) is 6.15. The summed E-state index contributed by atoms with van der Waals surface area (Å²) < 4.78 is 44.3. The van der Waals surface area contributed by atoms with Crippen LogP contribution in [0.4, 0.5) is 13.2 Å². The van der Waals surface area contributed by atoms with Gasteiger partial charge < -0.3 is 9.84 Å². The molecule has 0 saturated heterocycles. The molecule has 0 radical (unpaired) electrons. The van der Waals surface area contributed by atoms with E-state index in [2.05, 4.69) is 0 Å². The zero-order chi connectivity index (χ0) is 14.8. The lowest BCUT2D eigenvalue weighted by atomic mass is 9.91. The summed E-state index contributed by atoms with van der Waals surface area (Å²) in [6, 6.07) is 3.06. The fraction of sp³-hybridized carbons (Fsp3) is 0.571. The molecule has 19 heavy (non-hydrogen) atoms. The molecule has 0 amide bonds. The van der Waals surface area contributed by atoms with Gasteiger partial charge in [-0.1, -0.05) is 18.6 Å². The molecule has 1 rings (SSSR count). The smallest absolute Gasteiger partial charge is 0.421 e. The molecule has 0 bridgehead atoms. The zero-order valence-corrected chi connectivity index (χ0v) is 11.6. The molecular weight excluding hydrogens is 257 g/mol. The van der Waals surface area contributed by atoms with Crippen molar-refractivity contribution in [1.82, 2.24) is 0 Å². The highest BCUT2D eigenvalue weighted by atomic mass is 19.4. The summed E-state index contributed by atoms with van der Waals surface area (Å²) in [4.78, 5) is 0. The molecule has 2 nitrogen and oxygen atoms in total. The van der Waals surface area contributed by atoms with Gasteiger partial charge in [0.1, 0.15) is 5.75 Å². The van der Waals surface area contributed by atoms with E-state index in [4.69, 9.17) is 4.74 Å². The number of halogens is 3. The van der Waals surface area contributed by atoms with Crippen molar-refractivity contribution in [3.05, 3.63) is 28.8 Å².